The van der Waals surface area contributed by atoms with Gasteiger partial charge in [0.15, 0.2) is 6.29 Å². The molecule has 1 aliphatic heterocycles. The summed E-state index contributed by atoms with van der Waals surface area (Å²) in [5.74, 6) is 0. The van der Waals surface area contributed by atoms with E-state index in [1.165, 1.54) is 15.9 Å². The predicted octanol–water partition coefficient (Wildman–Crippen LogP) is 0.888. The first-order valence-electron chi connectivity index (χ1n) is 9.72. The molecule has 0 amide bonds. The van der Waals surface area contributed by atoms with Crippen molar-refractivity contribution in [3.05, 3.63) is 91.0 Å². The van der Waals surface area contributed by atoms with Crippen LogP contribution in [0.3, 0.4) is 0 Å². The fourth-order valence-electron chi connectivity index (χ4n) is 4.18. The quantitative estimate of drug-likeness (QED) is 0.515. The standard InChI is InChI=1S/C24H24O2P.BrH/c1-4-10-19(11-5-1)27(20-12-6-2-7-13-20,21-14-8-3-9-15-21)17-16-24-25-22-18-23(22)26-24;/h1-15,22-24H,16-18H2;1H/q+1;/p-1. The summed E-state index contributed by atoms with van der Waals surface area (Å²) in [5.41, 5.74) is 0. The summed E-state index contributed by atoms with van der Waals surface area (Å²) in [6.45, 7) is 0. The van der Waals surface area contributed by atoms with Crippen LogP contribution in [-0.4, -0.2) is 24.7 Å². The van der Waals surface area contributed by atoms with E-state index in [-0.39, 0.29) is 23.3 Å². The highest BCUT2D eigenvalue weighted by Gasteiger charge is 2.51. The van der Waals surface area contributed by atoms with Gasteiger partial charge in [-0.1, -0.05) is 54.6 Å². The molecule has 2 fully saturated rings. The van der Waals surface area contributed by atoms with Gasteiger partial charge < -0.3 is 26.5 Å². The van der Waals surface area contributed by atoms with Gasteiger partial charge in [-0.2, -0.15) is 0 Å². The minimum Gasteiger partial charge on any atom is -1.00 e. The third-order valence-electron chi connectivity index (χ3n) is 5.62. The zero-order valence-electron chi connectivity index (χ0n) is 15.7. The molecule has 1 saturated heterocycles. The summed E-state index contributed by atoms with van der Waals surface area (Å²) in [6, 6.07) is 33.0. The summed E-state index contributed by atoms with van der Waals surface area (Å²) in [4.78, 5) is 0. The lowest BCUT2D eigenvalue weighted by Gasteiger charge is -2.28. The molecule has 0 bridgehead atoms. The van der Waals surface area contributed by atoms with Gasteiger partial charge in [0.05, 0.1) is 18.4 Å². The molecule has 1 aliphatic carbocycles. The van der Waals surface area contributed by atoms with Gasteiger partial charge in [0.25, 0.3) is 0 Å². The van der Waals surface area contributed by atoms with E-state index >= 15 is 0 Å². The van der Waals surface area contributed by atoms with Crippen LogP contribution in [0.2, 0.25) is 0 Å². The fourth-order valence-corrected chi connectivity index (χ4v) is 8.49. The molecular weight excluding hydrogens is 431 g/mol. The molecule has 0 N–H and O–H groups in total. The molecule has 2 nitrogen and oxygen atoms in total. The topological polar surface area (TPSA) is 18.5 Å². The van der Waals surface area contributed by atoms with Crippen molar-refractivity contribution < 1.29 is 26.5 Å². The molecule has 2 atom stereocenters. The van der Waals surface area contributed by atoms with Crippen molar-refractivity contribution in [2.75, 3.05) is 6.16 Å². The Morgan fingerprint density at radius 3 is 1.43 bits per heavy atom. The first-order chi connectivity index (χ1) is 13.4. The van der Waals surface area contributed by atoms with Gasteiger partial charge in [-0.3, -0.25) is 0 Å². The van der Waals surface area contributed by atoms with Gasteiger partial charge >= 0.3 is 0 Å². The van der Waals surface area contributed by atoms with Crippen molar-refractivity contribution in [1.82, 2.24) is 0 Å². The molecule has 5 rings (SSSR count). The minimum atomic E-state index is -1.77. The van der Waals surface area contributed by atoms with Crippen LogP contribution in [-0.2, 0) is 9.47 Å². The average molecular weight is 455 g/mol. The van der Waals surface area contributed by atoms with Crippen LogP contribution >= 0.6 is 7.26 Å². The number of rotatable bonds is 6. The van der Waals surface area contributed by atoms with Crippen molar-refractivity contribution >= 4 is 23.2 Å². The van der Waals surface area contributed by atoms with E-state index < -0.39 is 7.26 Å². The molecule has 1 heterocycles. The van der Waals surface area contributed by atoms with Crippen molar-refractivity contribution in [3.63, 3.8) is 0 Å². The number of hydrogen-bond acceptors (Lipinski definition) is 2. The number of halogens is 1. The smallest absolute Gasteiger partial charge is 0.162 e. The van der Waals surface area contributed by atoms with Gasteiger partial charge in [0, 0.05) is 12.8 Å². The van der Waals surface area contributed by atoms with Crippen molar-refractivity contribution in [3.8, 4) is 0 Å². The van der Waals surface area contributed by atoms with E-state index in [4.69, 9.17) is 9.47 Å². The Kier molecular flexibility index (Phi) is 5.99. The lowest BCUT2D eigenvalue weighted by Crippen LogP contribution is -3.00. The molecule has 2 aliphatic rings. The zero-order chi connectivity index (χ0) is 18.1. The normalized spacial score (nSPS) is 22.9. The van der Waals surface area contributed by atoms with Crippen molar-refractivity contribution in [2.45, 2.75) is 31.3 Å². The molecule has 3 aromatic carbocycles. The van der Waals surface area contributed by atoms with E-state index in [9.17, 15) is 0 Å². The van der Waals surface area contributed by atoms with Gasteiger partial charge in [-0.05, 0) is 36.4 Å². The summed E-state index contributed by atoms with van der Waals surface area (Å²) < 4.78 is 12.1. The SMILES string of the molecule is [Br-].c1ccc([P+](CCC2OC3CC3O2)(c2ccccc2)c2ccccc2)cc1. The van der Waals surface area contributed by atoms with E-state index in [1.807, 2.05) is 0 Å². The van der Waals surface area contributed by atoms with Crippen molar-refractivity contribution in [2.24, 2.45) is 0 Å². The van der Waals surface area contributed by atoms with E-state index in [0.717, 1.165) is 19.0 Å². The van der Waals surface area contributed by atoms with Crippen LogP contribution < -0.4 is 32.9 Å². The molecule has 28 heavy (non-hydrogen) atoms. The second-order valence-electron chi connectivity index (χ2n) is 7.34. The maximum atomic E-state index is 6.03. The first kappa shape index (κ1) is 19.8. The van der Waals surface area contributed by atoms with Gasteiger partial charge in [-0.25, -0.2) is 0 Å². The molecule has 144 valence electrons. The maximum absolute atomic E-state index is 6.03. The van der Waals surface area contributed by atoms with Gasteiger partial charge in [0.2, 0.25) is 0 Å². The molecule has 0 spiro atoms. The van der Waals surface area contributed by atoms with Crippen LogP contribution in [0.25, 0.3) is 0 Å². The molecule has 4 heteroatoms. The van der Waals surface area contributed by atoms with Crippen LogP contribution in [0.5, 0.6) is 0 Å². The summed E-state index contributed by atoms with van der Waals surface area (Å²) in [6.07, 6.45) is 3.71. The lowest BCUT2D eigenvalue weighted by molar-refractivity contribution is -0.0868. The number of hydrogen-bond donors (Lipinski definition) is 0. The highest BCUT2D eigenvalue weighted by molar-refractivity contribution is 7.95. The number of ether oxygens (including phenoxy) is 2. The second-order valence-corrected chi connectivity index (χ2v) is 11.0. The van der Waals surface area contributed by atoms with Crippen LogP contribution in [0.15, 0.2) is 91.0 Å². The van der Waals surface area contributed by atoms with Crippen LogP contribution in [0, 0.1) is 0 Å². The lowest BCUT2D eigenvalue weighted by atomic mass is 10.3. The average Bonchev–Trinajstić information content (AvgIpc) is 3.36. The van der Waals surface area contributed by atoms with Gasteiger partial charge in [-0.15, -0.1) is 0 Å². The Labute approximate surface area is 178 Å². The Morgan fingerprint density at radius 2 is 1.04 bits per heavy atom. The minimum absolute atomic E-state index is 0. The largest absolute Gasteiger partial charge is 1.00 e. The molecule has 0 aromatic heterocycles. The van der Waals surface area contributed by atoms with Crippen LogP contribution in [0.4, 0.5) is 0 Å². The van der Waals surface area contributed by atoms with E-state index in [0.29, 0.717) is 12.2 Å². The van der Waals surface area contributed by atoms with Crippen LogP contribution in [0.1, 0.15) is 12.8 Å². The highest BCUT2D eigenvalue weighted by atomic mass is 79.9. The zero-order valence-corrected chi connectivity index (χ0v) is 18.1. The maximum Gasteiger partial charge on any atom is 0.162 e. The van der Waals surface area contributed by atoms with Crippen molar-refractivity contribution in [1.29, 1.82) is 0 Å². The Morgan fingerprint density at radius 1 is 0.643 bits per heavy atom. The predicted molar refractivity (Wildman–Crippen MR) is 113 cm³/mol. The summed E-state index contributed by atoms with van der Waals surface area (Å²) in [5, 5.41) is 4.27. The third-order valence-corrected chi connectivity index (χ3v) is 10.1. The number of fused-ring (bicyclic) bond motifs is 1. The monoisotopic (exact) mass is 454 g/mol. The number of benzene rings is 3. The second kappa shape index (κ2) is 8.47. The third kappa shape index (κ3) is 3.69. The molecular formula is C24H24BrO2P. The van der Waals surface area contributed by atoms with E-state index in [2.05, 4.69) is 91.0 Å². The molecule has 2 unspecified atom stereocenters. The highest BCUT2D eigenvalue weighted by Crippen LogP contribution is 2.56. The Hall–Kier alpha value is -1.51. The fraction of sp³-hybridized carbons (Fsp3) is 0.250. The summed E-state index contributed by atoms with van der Waals surface area (Å²) in [7, 11) is -1.77. The summed E-state index contributed by atoms with van der Waals surface area (Å²) >= 11 is 0. The molecule has 3 aromatic rings. The Bertz CT molecular complexity index is 782. The first-order valence-corrected chi connectivity index (χ1v) is 11.7. The Balaban J connectivity index is 0.00000192. The van der Waals surface area contributed by atoms with E-state index in [1.54, 1.807) is 0 Å². The molecule has 0 radical (unpaired) electrons. The van der Waals surface area contributed by atoms with Gasteiger partial charge in [0.1, 0.15) is 23.2 Å². The molecule has 1 saturated carbocycles.